The van der Waals surface area contributed by atoms with Crippen LogP contribution in [-0.4, -0.2) is 6.29 Å². The molecule has 1 nitrogen and oxygen atoms in total. The topological polar surface area (TPSA) is 17.1 Å². The van der Waals surface area contributed by atoms with Crippen LogP contribution in [0.5, 0.6) is 0 Å². The highest BCUT2D eigenvalue weighted by Crippen LogP contribution is 2.09. The van der Waals surface area contributed by atoms with Crippen molar-refractivity contribution in [3.05, 3.63) is 60.8 Å². The smallest absolute Gasteiger partial charge is 0.123 e. The maximum Gasteiger partial charge on any atom is 0.123 e. The van der Waals surface area contributed by atoms with Crippen LogP contribution < -0.4 is 0 Å². The molecule has 0 amide bonds. The van der Waals surface area contributed by atoms with Gasteiger partial charge in [-0.05, 0) is 12.8 Å². The molecule has 0 saturated heterocycles. The molecule has 0 aliphatic carbocycles. The zero-order valence-electron chi connectivity index (χ0n) is 14.8. The first-order valence-corrected chi connectivity index (χ1v) is 9.17. The summed E-state index contributed by atoms with van der Waals surface area (Å²) >= 11 is 0. The van der Waals surface area contributed by atoms with Gasteiger partial charge in [-0.15, -0.1) is 0 Å². The summed E-state index contributed by atoms with van der Waals surface area (Å²) in [7, 11) is 0. The Morgan fingerprint density at radius 3 is 1.61 bits per heavy atom. The molecule has 1 heteroatoms. The Morgan fingerprint density at radius 2 is 1.04 bits per heavy atom. The van der Waals surface area contributed by atoms with Gasteiger partial charge in [-0.3, -0.25) is 0 Å². The fraction of sp³-hybridized carbons (Fsp3) is 0.500. The third-order valence-electron chi connectivity index (χ3n) is 3.51. The molecule has 0 bridgehead atoms. The zero-order chi connectivity index (χ0) is 16.8. The molecule has 0 N–H and O–H groups in total. The van der Waals surface area contributed by atoms with E-state index in [0.717, 1.165) is 6.29 Å². The Kier molecular flexibility index (Phi) is 18.9. The summed E-state index contributed by atoms with van der Waals surface area (Å²) in [5.74, 6) is 0. The number of rotatable bonds is 15. The molecule has 0 radical (unpaired) electrons. The average Bonchev–Trinajstić information content (AvgIpc) is 2.57. The third kappa shape index (κ3) is 20.4. The van der Waals surface area contributed by atoms with E-state index in [2.05, 4.69) is 25.2 Å². The van der Waals surface area contributed by atoms with E-state index in [-0.39, 0.29) is 0 Å². The predicted octanol–water partition coefficient (Wildman–Crippen LogP) is 6.89. The number of allylic oxidation sites excluding steroid dienone is 10. The van der Waals surface area contributed by atoms with Gasteiger partial charge in [0.1, 0.15) is 6.29 Å². The van der Waals surface area contributed by atoms with Crippen LogP contribution in [0.1, 0.15) is 71.1 Å². The SMILES string of the molecule is CCCCCCCCCCC=CC=CC=CC=CC=CCC=O. The van der Waals surface area contributed by atoms with Crippen molar-refractivity contribution in [2.24, 2.45) is 0 Å². The lowest BCUT2D eigenvalue weighted by atomic mass is 10.1. The molecule has 0 unspecified atom stereocenters. The fourth-order valence-corrected chi connectivity index (χ4v) is 2.17. The van der Waals surface area contributed by atoms with E-state index < -0.39 is 0 Å². The Labute approximate surface area is 143 Å². The molecular weight excluding hydrogens is 280 g/mol. The lowest BCUT2D eigenvalue weighted by Crippen LogP contribution is -1.79. The minimum Gasteiger partial charge on any atom is -0.303 e. The van der Waals surface area contributed by atoms with E-state index in [0.29, 0.717) is 6.42 Å². The standard InChI is InChI=1S/C22H34O/c1-2-3-4-5-6-7-8-9-10-11-12-13-14-15-16-17-18-19-20-21-22-23/h11-20,22H,2-10,21H2,1H3. The Balaban J connectivity index is 3.43. The molecule has 0 aliphatic heterocycles. The molecule has 0 saturated carbocycles. The van der Waals surface area contributed by atoms with Crippen molar-refractivity contribution in [1.29, 1.82) is 0 Å². The second-order valence-electron chi connectivity index (χ2n) is 5.68. The molecule has 23 heavy (non-hydrogen) atoms. The Morgan fingerprint density at radius 1 is 0.565 bits per heavy atom. The van der Waals surface area contributed by atoms with E-state index in [1.54, 1.807) is 0 Å². The summed E-state index contributed by atoms with van der Waals surface area (Å²) in [6.07, 6.45) is 33.7. The van der Waals surface area contributed by atoms with Crippen molar-refractivity contribution in [3.8, 4) is 0 Å². The van der Waals surface area contributed by atoms with Crippen LogP contribution in [0.15, 0.2) is 60.8 Å². The van der Waals surface area contributed by atoms with Gasteiger partial charge in [0.2, 0.25) is 0 Å². The van der Waals surface area contributed by atoms with E-state index in [1.165, 1.54) is 57.8 Å². The Bertz CT molecular complexity index is 383. The summed E-state index contributed by atoms with van der Waals surface area (Å²) in [4.78, 5) is 10.1. The molecule has 0 heterocycles. The van der Waals surface area contributed by atoms with E-state index >= 15 is 0 Å². The largest absolute Gasteiger partial charge is 0.303 e. The van der Waals surface area contributed by atoms with Crippen LogP contribution >= 0.6 is 0 Å². The molecular formula is C22H34O. The van der Waals surface area contributed by atoms with E-state index in [4.69, 9.17) is 0 Å². The number of hydrogen-bond donors (Lipinski definition) is 0. The Hall–Kier alpha value is -1.63. The van der Waals surface area contributed by atoms with Crippen LogP contribution in [0.2, 0.25) is 0 Å². The fourth-order valence-electron chi connectivity index (χ4n) is 2.17. The monoisotopic (exact) mass is 314 g/mol. The molecule has 0 atom stereocenters. The van der Waals surface area contributed by atoms with Crippen molar-refractivity contribution in [2.75, 3.05) is 0 Å². The number of carbonyl (C=O) groups excluding carboxylic acids is 1. The minimum atomic E-state index is 0.484. The van der Waals surface area contributed by atoms with Gasteiger partial charge in [0, 0.05) is 6.42 Å². The van der Waals surface area contributed by atoms with Gasteiger partial charge < -0.3 is 4.79 Å². The molecule has 0 aromatic carbocycles. The lowest BCUT2D eigenvalue weighted by molar-refractivity contribution is -0.107. The number of carbonyl (C=O) groups is 1. The first kappa shape index (κ1) is 21.4. The third-order valence-corrected chi connectivity index (χ3v) is 3.51. The van der Waals surface area contributed by atoms with Crippen molar-refractivity contribution in [3.63, 3.8) is 0 Å². The van der Waals surface area contributed by atoms with E-state index in [1.807, 2.05) is 42.5 Å². The minimum absolute atomic E-state index is 0.484. The van der Waals surface area contributed by atoms with Gasteiger partial charge >= 0.3 is 0 Å². The molecule has 0 aromatic rings. The van der Waals surface area contributed by atoms with Gasteiger partial charge in [-0.25, -0.2) is 0 Å². The van der Waals surface area contributed by atoms with Crippen molar-refractivity contribution in [1.82, 2.24) is 0 Å². The van der Waals surface area contributed by atoms with Crippen LogP contribution in [0.4, 0.5) is 0 Å². The van der Waals surface area contributed by atoms with Gasteiger partial charge in [0.05, 0.1) is 0 Å². The van der Waals surface area contributed by atoms with Crippen molar-refractivity contribution < 1.29 is 4.79 Å². The number of unbranched alkanes of at least 4 members (excludes halogenated alkanes) is 8. The first-order valence-electron chi connectivity index (χ1n) is 9.17. The van der Waals surface area contributed by atoms with Crippen LogP contribution in [0, 0.1) is 0 Å². The summed E-state index contributed by atoms with van der Waals surface area (Å²) in [6, 6.07) is 0. The van der Waals surface area contributed by atoms with Gasteiger partial charge in [-0.2, -0.15) is 0 Å². The molecule has 0 aliphatic rings. The van der Waals surface area contributed by atoms with Gasteiger partial charge in [0.15, 0.2) is 0 Å². The quantitative estimate of drug-likeness (QED) is 0.183. The van der Waals surface area contributed by atoms with Crippen molar-refractivity contribution in [2.45, 2.75) is 71.1 Å². The normalized spacial score (nSPS) is 12.7. The molecule has 0 fully saturated rings. The summed E-state index contributed by atoms with van der Waals surface area (Å²) in [5.41, 5.74) is 0. The molecule has 128 valence electrons. The predicted molar refractivity (Wildman–Crippen MR) is 104 cm³/mol. The number of aldehydes is 1. The highest BCUT2D eigenvalue weighted by molar-refractivity contribution is 5.52. The molecule has 0 rings (SSSR count). The highest BCUT2D eigenvalue weighted by atomic mass is 16.1. The summed E-state index contributed by atoms with van der Waals surface area (Å²) < 4.78 is 0. The summed E-state index contributed by atoms with van der Waals surface area (Å²) in [6.45, 7) is 2.27. The number of hydrogen-bond acceptors (Lipinski definition) is 1. The van der Waals surface area contributed by atoms with Crippen LogP contribution in [-0.2, 0) is 4.79 Å². The van der Waals surface area contributed by atoms with Gasteiger partial charge in [0.25, 0.3) is 0 Å². The maximum atomic E-state index is 10.1. The maximum absolute atomic E-state index is 10.1. The second-order valence-corrected chi connectivity index (χ2v) is 5.68. The molecule has 0 aromatic heterocycles. The second kappa shape index (κ2) is 20.4. The molecule has 0 spiro atoms. The average molecular weight is 315 g/mol. The first-order chi connectivity index (χ1) is 11.4. The zero-order valence-corrected chi connectivity index (χ0v) is 14.8. The summed E-state index contributed by atoms with van der Waals surface area (Å²) in [5, 5.41) is 0. The van der Waals surface area contributed by atoms with Crippen LogP contribution in [0.3, 0.4) is 0 Å². The van der Waals surface area contributed by atoms with Crippen LogP contribution in [0.25, 0.3) is 0 Å². The van der Waals surface area contributed by atoms with Gasteiger partial charge in [-0.1, -0.05) is 113 Å². The lowest BCUT2D eigenvalue weighted by Gasteiger charge is -1.99. The van der Waals surface area contributed by atoms with E-state index in [9.17, 15) is 4.79 Å². The van der Waals surface area contributed by atoms with Crippen molar-refractivity contribution >= 4 is 6.29 Å². The highest BCUT2D eigenvalue weighted by Gasteiger charge is 1.89.